The zero-order valence-electron chi connectivity index (χ0n) is 6.00. The summed E-state index contributed by atoms with van der Waals surface area (Å²) in [5.74, 6) is -0.541. The van der Waals surface area contributed by atoms with E-state index in [0.29, 0.717) is 6.29 Å². The Morgan fingerprint density at radius 1 is 1.58 bits per heavy atom. The third-order valence-corrected chi connectivity index (χ3v) is 1.38. The Morgan fingerprint density at radius 3 is 2.92 bits per heavy atom. The van der Waals surface area contributed by atoms with Crippen molar-refractivity contribution < 1.29 is 9.18 Å². The van der Waals surface area contributed by atoms with Gasteiger partial charge in [0.05, 0.1) is 10.7 Å². The molecule has 62 valence electrons. The molecule has 0 aliphatic heterocycles. The van der Waals surface area contributed by atoms with Gasteiger partial charge >= 0.3 is 0 Å². The molecule has 1 aromatic rings. The van der Waals surface area contributed by atoms with Crippen LogP contribution < -0.4 is 0 Å². The Kier molecular flexibility index (Phi) is 2.94. The Labute approximate surface area is 73.7 Å². The molecule has 0 atom stereocenters. The molecule has 1 rings (SSSR count). The number of aromatic nitrogens is 1. The monoisotopic (exact) mass is 185 g/mol. The van der Waals surface area contributed by atoms with Gasteiger partial charge < -0.3 is 0 Å². The lowest BCUT2D eigenvalue weighted by molar-refractivity contribution is -0.104. The number of aldehydes is 1. The first-order valence-corrected chi connectivity index (χ1v) is 3.54. The summed E-state index contributed by atoms with van der Waals surface area (Å²) in [4.78, 5) is 13.6. The summed E-state index contributed by atoms with van der Waals surface area (Å²) in [5, 5.41) is 0.232. The molecule has 0 fully saturated rings. The van der Waals surface area contributed by atoms with Gasteiger partial charge in [0, 0.05) is 6.20 Å². The fraction of sp³-hybridized carbons (Fsp3) is 0. The average molecular weight is 186 g/mol. The first-order valence-electron chi connectivity index (χ1n) is 3.17. The van der Waals surface area contributed by atoms with Crippen molar-refractivity contribution in [2.75, 3.05) is 0 Å². The normalized spacial score (nSPS) is 10.5. The van der Waals surface area contributed by atoms with E-state index < -0.39 is 5.82 Å². The lowest BCUT2D eigenvalue weighted by Crippen LogP contribution is -1.86. The fourth-order valence-electron chi connectivity index (χ4n) is 0.678. The van der Waals surface area contributed by atoms with Gasteiger partial charge in [0.1, 0.15) is 12.1 Å². The minimum Gasteiger partial charge on any atom is -0.299 e. The first kappa shape index (κ1) is 8.87. The second-order valence-electron chi connectivity index (χ2n) is 2.02. The van der Waals surface area contributed by atoms with Gasteiger partial charge in [0.15, 0.2) is 0 Å². The van der Waals surface area contributed by atoms with E-state index in [1.165, 1.54) is 18.3 Å². The quantitative estimate of drug-likeness (QED) is 0.522. The number of carbonyl (C=O) groups excluding carboxylic acids is 1. The lowest BCUT2D eigenvalue weighted by atomic mass is 10.3. The van der Waals surface area contributed by atoms with E-state index in [1.807, 2.05) is 0 Å². The molecule has 0 saturated carbocycles. The van der Waals surface area contributed by atoms with Crippen molar-refractivity contribution in [3.63, 3.8) is 0 Å². The van der Waals surface area contributed by atoms with Crippen LogP contribution in [0.25, 0.3) is 6.08 Å². The topological polar surface area (TPSA) is 30.0 Å². The number of halogens is 2. The van der Waals surface area contributed by atoms with Crippen LogP contribution in [0.4, 0.5) is 4.39 Å². The maximum absolute atomic E-state index is 12.9. The van der Waals surface area contributed by atoms with Gasteiger partial charge in [-0.05, 0) is 18.2 Å². The van der Waals surface area contributed by atoms with E-state index in [0.717, 1.165) is 6.07 Å². The average Bonchev–Trinajstić information content (AvgIpc) is 2.03. The Hall–Kier alpha value is -1.22. The van der Waals surface area contributed by atoms with Crippen molar-refractivity contribution in [2.45, 2.75) is 0 Å². The van der Waals surface area contributed by atoms with Crippen LogP contribution in [0.3, 0.4) is 0 Å². The van der Waals surface area contributed by atoms with Crippen LogP contribution in [0, 0.1) is 5.82 Å². The van der Waals surface area contributed by atoms with Crippen molar-refractivity contribution >= 4 is 24.0 Å². The van der Waals surface area contributed by atoms with E-state index in [2.05, 4.69) is 4.98 Å². The molecule has 0 aliphatic rings. The molecule has 0 aliphatic carbocycles. The molecule has 1 aromatic heterocycles. The van der Waals surface area contributed by atoms with Crippen LogP contribution >= 0.6 is 11.6 Å². The number of allylic oxidation sites excluding steroid dienone is 1. The van der Waals surface area contributed by atoms with Crippen molar-refractivity contribution in [1.82, 2.24) is 4.98 Å². The molecular weight excluding hydrogens is 181 g/mol. The SMILES string of the molecule is O=CC=Cc1ncc(Cl)cc1F. The van der Waals surface area contributed by atoms with E-state index in [9.17, 15) is 9.18 Å². The Morgan fingerprint density at radius 2 is 2.33 bits per heavy atom. The van der Waals surface area contributed by atoms with Gasteiger partial charge in [0.25, 0.3) is 0 Å². The highest BCUT2D eigenvalue weighted by Crippen LogP contribution is 2.12. The third-order valence-electron chi connectivity index (χ3n) is 1.17. The molecular formula is C8H5ClFNO. The van der Waals surface area contributed by atoms with Crippen LogP contribution in [0.5, 0.6) is 0 Å². The summed E-state index contributed by atoms with van der Waals surface area (Å²) in [5.41, 5.74) is 0.103. The van der Waals surface area contributed by atoms with Crippen LogP contribution in [0.1, 0.15) is 5.69 Å². The number of pyridine rings is 1. The molecule has 0 N–H and O–H groups in total. The van der Waals surface area contributed by atoms with E-state index in [4.69, 9.17) is 11.6 Å². The maximum atomic E-state index is 12.9. The van der Waals surface area contributed by atoms with Crippen molar-refractivity contribution in [3.8, 4) is 0 Å². The zero-order chi connectivity index (χ0) is 8.97. The largest absolute Gasteiger partial charge is 0.299 e. The smallest absolute Gasteiger partial charge is 0.150 e. The van der Waals surface area contributed by atoms with E-state index in [-0.39, 0.29) is 10.7 Å². The van der Waals surface area contributed by atoms with Crippen LogP contribution in [0.15, 0.2) is 18.3 Å². The van der Waals surface area contributed by atoms with Gasteiger partial charge in [-0.15, -0.1) is 0 Å². The molecule has 0 radical (unpaired) electrons. The summed E-state index contributed by atoms with van der Waals surface area (Å²) in [6, 6.07) is 1.14. The number of hydrogen-bond donors (Lipinski definition) is 0. The summed E-state index contributed by atoms with van der Waals surface area (Å²) < 4.78 is 12.9. The predicted octanol–water partition coefficient (Wildman–Crippen LogP) is 2.09. The fourth-order valence-corrected chi connectivity index (χ4v) is 0.823. The minimum absolute atomic E-state index is 0.103. The molecule has 12 heavy (non-hydrogen) atoms. The van der Waals surface area contributed by atoms with E-state index in [1.54, 1.807) is 0 Å². The van der Waals surface area contributed by atoms with Crippen LogP contribution in [-0.4, -0.2) is 11.3 Å². The minimum atomic E-state index is -0.541. The third kappa shape index (κ3) is 2.13. The van der Waals surface area contributed by atoms with E-state index >= 15 is 0 Å². The molecule has 2 nitrogen and oxygen atoms in total. The highest BCUT2D eigenvalue weighted by atomic mass is 35.5. The molecule has 0 amide bonds. The second kappa shape index (κ2) is 3.97. The molecule has 0 bridgehead atoms. The van der Waals surface area contributed by atoms with Crippen molar-refractivity contribution in [1.29, 1.82) is 0 Å². The number of nitrogens with zero attached hydrogens (tertiary/aromatic N) is 1. The van der Waals surface area contributed by atoms with Gasteiger partial charge in [-0.1, -0.05) is 11.6 Å². The highest BCUT2D eigenvalue weighted by molar-refractivity contribution is 6.30. The van der Waals surface area contributed by atoms with Crippen LogP contribution in [-0.2, 0) is 4.79 Å². The summed E-state index contributed by atoms with van der Waals surface area (Å²) in [7, 11) is 0. The molecule has 1 heterocycles. The van der Waals surface area contributed by atoms with Crippen molar-refractivity contribution in [3.05, 3.63) is 34.9 Å². The number of carbonyl (C=O) groups is 1. The molecule has 0 spiro atoms. The maximum Gasteiger partial charge on any atom is 0.150 e. The molecule has 0 unspecified atom stereocenters. The molecule has 0 saturated heterocycles. The lowest BCUT2D eigenvalue weighted by Gasteiger charge is -1.94. The molecule has 4 heteroatoms. The number of hydrogen-bond acceptors (Lipinski definition) is 2. The van der Waals surface area contributed by atoms with Crippen LogP contribution in [0.2, 0.25) is 5.02 Å². The zero-order valence-corrected chi connectivity index (χ0v) is 6.75. The first-order chi connectivity index (χ1) is 5.74. The highest BCUT2D eigenvalue weighted by Gasteiger charge is 1.99. The predicted molar refractivity (Wildman–Crippen MR) is 44.3 cm³/mol. The van der Waals surface area contributed by atoms with Gasteiger partial charge in [-0.3, -0.25) is 9.78 Å². The Bertz CT molecular complexity index is 325. The number of rotatable bonds is 2. The summed E-state index contributed by atoms with van der Waals surface area (Å²) >= 11 is 5.45. The molecule has 0 aromatic carbocycles. The van der Waals surface area contributed by atoms with Gasteiger partial charge in [-0.2, -0.15) is 0 Å². The van der Waals surface area contributed by atoms with Crippen molar-refractivity contribution in [2.24, 2.45) is 0 Å². The van der Waals surface area contributed by atoms with Gasteiger partial charge in [-0.25, -0.2) is 4.39 Å². The summed E-state index contributed by atoms with van der Waals surface area (Å²) in [6.45, 7) is 0. The summed E-state index contributed by atoms with van der Waals surface area (Å²) in [6.07, 6.45) is 4.31. The second-order valence-corrected chi connectivity index (χ2v) is 2.45. The Balaban J connectivity index is 3.01. The van der Waals surface area contributed by atoms with Gasteiger partial charge in [0.2, 0.25) is 0 Å². The standard InChI is InChI=1S/C8H5ClFNO/c9-6-4-7(10)8(11-5-6)2-1-3-12/h1-5H.